The first-order valence-electron chi connectivity index (χ1n) is 24.9. The molecule has 0 amide bonds. The first-order chi connectivity index (χ1) is 30.6. The molecule has 0 spiro atoms. The molecule has 0 aromatic heterocycles. The lowest BCUT2D eigenvalue weighted by molar-refractivity contribution is -0.870. The van der Waals surface area contributed by atoms with Gasteiger partial charge >= 0.3 is 19.8 Å². The first kappa shape index (κ1) is 59.8. The molecule has 1 fully saturated rings. The number of unbranched alkanes of at least 4 members (excludes halogenated alkanes) is 15. The summed E-state index contributed by atoms with van der Waals surface area (Å²) in [5.41, 5.74) is 0. The van der Waals surface area contributed by atoms with E-state index in [1.165, 1.54) is 57.8 Å². The molecule has 0 aliphatic heterocycles. The molecule has 13 nitrogen and oxygen atoms in total. The molecule has 0 saturated heterocycles. The number of phosphoric acid groups is 1. The lowest BCUT2D eigenvalue weighted by Crippen LogP contribution is -2.37. The van der Waals surface area contributed by atoms with Gasteiger partial charge in [-0.1, -0.05) is 127 Å². The molecule has 0 radical (unpaired) electrons. The topological polar surface area (TPSA) is 186 Å². The van der Waals surface area contributed by atoms with Crippen LogP contribution in [0, 0.1) is 11.8 Å². The minimum Gasteiger partial charge on any atom is -0.462 e. The lowest BCUT2D eigenvalue weighted by atomic mass is 9.87. The molecule has 1 unspecified atom stereocenters. The molecule has 372 valence electrons. The monoisotopic (exact) mass is 929 g/mol. The molecule has 0 bridgehead atoms. The second kappa shape index (κ2) is 36.8. The first-order valence-corrected chi connectivity index (χ1v) is 26.4. The zero-order valence-corrected chi connectivity index (χ0v) is 41.5. The molecule has 0 aromatic rings. The largest absolute Gasteiger partial charge is 0.472 e. The number of ketones is 1. The van der Waals surface area contributed by atoms with Gasteiger partial charge in [-0.15, -0.1) is 0 Å². The Labute approximate surface area is 387 Å². The van der Waals surface area contributed by atoms with Crippen molar-refractivity contribution in [2.75, 3.05) is 47.5 Å². The van der Waals surface area contributed by atoms with Crippen molar-refractivity contribution in [2.45, 2.75) is 205 Å². The van der Waals surface area contributed by atoms with Crippen molar-refractivity contribution in [1.29, 1.82) is 0 Å². The van der Waals surface area contributed by atoms with Crippen molar-refractivity contribution in [3.05, 3.63) is 36.5 Å². The average molecular weight is 929 g/mol. The van der Waals surface area contributed by atoms with E-state index in [-0.39, 0.29) is 51.1 Å². The Morgan fingerprint density at radius 2 is 1.27 bits per heavy atom. The quantitative estimate of drug-likeness (QED) is 0.0150. The second-order valence-electron chi connectivity index (χ2n) is 18.8. The van der Waals surface area contributed by atoms with Crippen LogP contribution in [0.3, 0.4) is 0 Å². The maximum Gasteiger partial charge on any atom is 0.472 e. The SMILES string of the molecule is CCCCC/C=C\C/C=C\CCCCCCCCCCCC(=O)O[C@H](COC(=O)CCCCC(=O)C[C@@H]1[C@@H](/C=C/[C@@H](O)CCCCC)[C@H](O)C[C@@H]1O)COP(=O)(O)OCC[N+](C)(C)C. The summed E-state index contributed by atoms with van der Waals surface area (Å²) in [6, 6.07) is 0. The summed E-state index contributed by atoms with van der Waals surface area (Å²) in [5.74, 6) is -2.06. The van der Waals surface area contributed by atoms with Crippen molar-refractivity contribution in [2.24, 2.45) is 11.8 Å². The maximum absolute atomic E-state index is 12.9. The van der Waals surface area contributed by atoms with E-state index in [4.69, 9.17) is 18.5 Å². The van der Waals surface area contributed by atoms with Crippen LogP contribution >= 0.6 is 7.82 Å². The third-order valence-electron chi connectivity index (χ3n) is 11.6. The fourth-order valence-corrected chi connectivity index (χ4v) is 8.37. The van der Waals surface area contributed by atoms with Crippen LogP contribution < -0.4 is 0 Å². The second-order valence-corrected chi connectivity index (χ2v) is 20.3. The Balaban J connectivity index is 2.45. The number of carbonyl (C=O) groups is 3. The van der Waals surface area contributed by atoms with Gasteiger partial charge in [0.05, 0.1) is 46.1 Å². The number of carbonyl (C=O) groups excluding carboxylic acids is 3. The number of nitrogens with zero attached hydrogens (tertiary/aromatic N) is 1. The molecule has 1 aliphatic rings. The van der Waals surface area contributed by atoms with Crippen LogP contribution in [0.15, 0.2) is 36.5 Å². The summed E-state index contributed by atoms with van der Waals surface area (Å²) in [5, 5.41) is 31.4. The van der Waals surface area contributed by atoms with Gasteiger partial charge in [-0.3, -0.25) is 23.4 Å². The summed E-state index contributed by atoms with van der Waals surface area (Å²) in [6.45, 7) is 3.87. The number of phosphoric ester groups is 1. The van der Waals surface area contributed by atoms with Crippen LogP contribution in [-0.2, 0) is 37.5 Å². The summed E-state index contributed by atoms with van der Waals surface area (Å²) in [7, 11) is 1.27. The van der Waals surface area contributed by atoms with Crippen molar-refractivity contribution in [3.63, 3.8) is 0 Å². The number of aliphatic hydroxyl groups is 3. The zero-order valence-electron chi connectivity index (χ0n) is 40.6. The molecule has 0 heterocycles. The van der Waals surface area contributed by atoms with E-state index in [0.717, 1.165) is 51.4 Å². The van der Waals surface area contributed by atoms with Crippen LogP contribution in [0.5, 0.6) is 0 Å². The van der Waals surface area contributed by atoms with Crippen LogP contribution in [0.4, 0.5) is 0 Å². The number of ether oxygens (including phenoxy) is 2. The van der Waals surface area contributed by atoms with Gasteiger partial charge in [0.1, 0.15) is 25.5 Å². The third kappa shape index (κ3) is 33.3. The van der Waals surface area contributed by atoms with Gasteiger partial charge in [-0.2, -0.15) is 0 Å². The fourth-order valence-electron chi connectivity index (χ4n) is 7.63. The highest BCUT2D eigenvalue weighted by molar-refractivity contribution is 7.47. The molecular formula is C50H91NO12P+. The number of allylic oxidation sites excluding steroid dienone is 4. The minimum absolute atomic E-state index is 0.00220. The highest BCUT2D eigenvalue weighted by Gasteiger charge is 2.41. The normalized spacial score (nSPS) is 20.0. The van der Waals surface area contributed by atoms with Crippen molar-refractivity contribution < 1.29 is 62.2 Å². The molecule has 1 aliphatic carbocycles. The van der Waals surface area contributed by atoms with Gasteiger partial charge in [0.15, 0.2) is 6.10 Å². The van der Waals surface area contributed by atoms with Gasteiger partial charge in [0.2, 0.25) is 0 Å². The van der Waals surface area contributed by atoms with Gasteiger partial charge in [0.25, 0.3) is 0 Å². The number of hydrogen-bond acceptors (Lipinski definition) is 11. The number of aliphatic hydroxyl groups excluding tert-OH is 3. The van der Waals surface area contributed by atoms with Crippen LogP contribution in [0.25, 0.3) is 0 Å². The van der Waals surface area contributed by atoms with E-state index in [0.29, 0.717) is 36.7 Å². The zero-order chi connectivity index (χ0) is 47.5. The average Bonchev–Trinajstić information content (AvgIpc) is 3.49. The van der Waals surface area contributed by atoms with Gasteiger partial charge in [-0.05, 0) is 57.8 Å². The summed E-state index contributed by atoms with van der Waals surface area (Å²) >= 11 is 0. The minimum atomic E-state index is -4.47. The van der Waals surface area contributed by atoms with Crippen LogP contribution in [0.1, 0.15) is 181 Å². The van der Waals surface area contributed by atoms with E-state index in [1.54, 1.807) is 12.2 Å². The van der Waals surface area contributed by atoms with Gasteiger partial charge in [-0.25, -0.2) is 4.57 Å². The van der Waals surface area contributed by atoms with Gasteiger partial charge in [0, 0.05) is 43.9 Å². The Hall–Kier alpha value is -2.22. The number of hydrogen-bond donors (Lipinski definition) is 4. The van der Waals surface area contributed by atoms with E-state index < -0.39 is 62.6 Å². The number of likely N-dealkylation sites (N-methyl/N-ethyl adjacent to an activating group) is 1. The third-order valence-corrected chi connectivity index (χ3v) is 12.6. The van der Waals surface area contributed by atoms with E-state index in [9.17, 15) is 39.2 Å². The predicted octanol–water partition coefficient (Wildman–Crippen LogP) is 10.0. The van der Waals surface area contributed by atoms with E-state index in [1.807, 2.05) is 21.1 Å². The molecule has 64 heavy (non-hydrogen) atoms. The molecule has 7 atom stereocenters. The fraction of sp³-hybridized carbons (Fsp3) is 0.820. The van der Waals surface area contributed by atoms with Crippen molar-refractivity contribution >= 4 is 25.5 Å². The van der Waals surface area contributed by atoms with Crippen LogP contribution in [0.2, 0.25) is 0 Å². The molecule has 1 saturated carbocycles. The Bertz CT molecular complexity index is 1360. The summed E-state index contributed by atoms with van der Waals surface area (Å²) in [4.78, 5) is 48.6. The molecule has 4 N–H and O–H groups in total. The summed E-state index contributed by atoms with van der Waals surface area (Å²) < 4.78 is 34.3. The molecule has 14 heteroatoms. The standard InChI is InChI=1S/C50H90NO12P/c1-6-8-10-11-12-13-14-15-16-17-18-19-20-21-22-23-24-25-27-33-50(57)63-44(41-62-64(58,59)61-37-36-51(3,4)5)40-60-49(56)32-29-28-31-43(53)38-46-45(47(54)39-48(46)55)35-34-42(52)30-26-9-7-2/h12-13,15-16,34-35,42,44-48,52,54-55H,6-11,14,17-33,36-41H2,1-5H3/p+1/b13-12-,16-15-,35-34+/t42-,44+,45+,46+,47+,48-/m0/s1. The van der Waals surface area contributed by atoms with E-state index in [2.05, 4.69) is 38.2 Å². The number of rotatable bonds is 41. The Kier molecular flexibility index (Phi) is 34.4. The van der Waals surface area contributed by atoms with Gasteiger partial charge < -0.3 is 34.2 Å². The Morgan fingerprint density at radius 1 is 0.703 bits per heavy atom. The number of quaternary nitrogens is 1. The van der Waals surface area contributed by atoms with Crippen molar-refractivity contribution in [3.8, 4) is 0 Å². The highest BCUT2D eigenvalue weighted by Crippen LogP contribution is 2.43. The maximum atomic E-state index is 12.9. The molecule has 0 aromatic carbocycles. The molecular weight excluding hydrogens is 838 g/mol. The lowest BCUT2D eigenvalue weighted by Gasteiger charge is -2.24. The highest BCUT2D eigenvalue weighted by atomic mass is 31.2. The smallest absolute Gasteiger partial charge is 0.462 e. The number of esters is 2. The van der Waals surface area contributed by atoms with Crippen molar-refractivity contribution in [1.82, 2.24) is 0 Å². The van der Waals surface area contributed by atoms with E-state index >= 15 is 0 Å². The Morgan fingerprint density at radius 3 is 1.91 bits per heavy atom. The van der Waals surface area contributed by atoms with Crippen LogP contribution in [-0.4, -0.2) is 114 Å². The predicted molar refractivity (Wildman–Crippen MR) is 254 cm³/mol. The summed E-state index contributed by atoms with van der Waals surface area (Å²) in [6.07, 6.45) is 31.0. The number of Topliss-reactive ketones (excluding diaryl/α,β-unsaturated/α-hetero) is 1. The molecule has 1 rings (SSSR count).